The van der Waals surface area contributed by atoms with Gasteiger partial charge in [0.1, 0.15) is 18.7 Å². The maximum absolute atomic E-state index is 6.48. The molecule has 0 aliphatic carbocycles. The van der Waals surface area contributed by atoms with Crippen molar-refractivity contribution in [3.8, 4) is 5.75 Å². The first kappa shape index (κ1) is 16.2. The number of fused-ring (bicyclic) bond motifs is 2. The van der Waals surface area contributed by atoms with Crippen LogP contribution in [0.5, 0.6) is 5.75 Å². The zero-order valence-corrected chi connectivity index (χ0v) is 15.2. The molecule has 2 saturated heterocycles. The fourth-order valence-corrected chi connectivity index (χ4v) is 5.37. The van der Waals surface area contributed by atoms with Crippen molar-refractivity contribution in [2.45, 2.75) is 54.5 Å². The summed E-state index contributed by atoms with van der Waals surface area (Å²) < 4.78 is 5.70. The summed E-state index contributed by atoms with van der Waals surface area (Å²) in [7, 11) is 2.27. The van der Waals surface area contributed by atoms with Gasteiger partial charge in [0.05, 0.1) is 5.02 Å². The van der Waals surface area contributed by atoms with Gasteiger partial charge in [0, 0.05) is 22.2 Å². The van der Waals surface area contributed by atoms with Crippen molar-refractivity contribution >= 4 is 23.4 Å². The number of halogens is 1. The van der Waals surface area contributed by atoms with Crippen LogP contribution in [-0.4, -0.2) is 44.5 Å². The fourth-order valence-electron chi connectivity index (χ4n) is 3.76. The number of aromatic nitrogens is 3. The number of piperidine rings is 1. The number of rotatable bonds is 5. The van der Waals surface area contributed by atoms with E-state index in [1.165, 1.54) is 32.0 Å². The first-order chi connectivity index (χ1) is 11.7. The minimum atomic E-state index is 0.362. The summed E-state index contributed by atoms with van der Waals surface area (Å²) in [5, 5.41) is 8.01. The molecule has 1 N–H and O–H groups in total. The molecule has 0 saturated carbocycles. The van der Waals surface area contributed by atoms with Gasteiger partial charge < -0.3 is 9.64 Å². The lowest BCUT2D eigenvalue weighted by Gasteiger charge is -2.36. The van der Waals surface area contributed by atoms with Gasteiger partial charge in [0.2, 0.25) is 0 Å². The summed E-state index contributed by atoms with van der Waals surface area (Å²) in [6, 6.07) is 7.45. The first-order valence-corrected chi connectivity index (χ1v) is 9.60. The molecule has 1 aromatic heterocycles. The Morgan fingerprint density at radius 2 is 2.12 bits per heavy atom. The third kappa shape index (κ3) is 3.41. The smallest absolute Gasteiger partial charge is 0.162 e. The third-order valence-electron chi connectivity index (χ3n) is 5.09. The standard InChI is InChI=1S/C17H21ClN4OS/c1-22-11-2-3-12(22)7-14(6-11)24-16-5-4-13(8-15(16)18)23-9-17-19-10-20-21-17/h4-5,8,10-12,14H,2-3,6-7,9H2,1H3,(H,19,20,21)/t11-,12+,14?. The number of H-pyrrole nitrogens is 1. The van der Waals surface area contributed by atoms with Crippen LogP contribution < -0.4 is 4.74 Å². The van der Waals surface area contributed by atoms with Crippen molar-refractivity contribution in [1.29, 1.82) is 0 Å². The Labute approximate surface area is 151 Å². The van der Waals surface area contributed by atoms with E-state index in [1.807, 2.05) is 23.9 Å². The Morgan fingerprint density at radius 3 is 2.79 bits per heavy atom. The van der Waals surface area contributed by atoms with Crippen LogP contribution in [0.15, 0.2) is 29.4 Å². The molecule has 1 unspecified atom stereocenters. The molecule has 5 nitrogen and oxygen atoms in total. The van der Waals surface area contributed by atoms with Crippen LogP contribution >= 0.6 is 23.4 Å². The van der Waals surface area contributed by atoms with E-state index in [9.17, 15) is 0 Å². The molecular weight excluding hydrogens is 344 g/mol. The van der Waals surface area contributed by atoms with Gasteiger partial charge in [-0.15, -0.1) is 11.8 Å². The first-order valence-electron chi connectivity index (χ1n) is 8.34. The minimum Gasteiger partial charge on any atom is -0.486 e. The summed E-state index contributed by atoms with van der Waals surface area (Å²) in [6.07, 6.45) is 6.69. The van der Waals surface area contributed by atoms with Crippen LogP contribution in [0.4, 0.5) is 0 Å². The minimum absolute atomic E-state index is 0.362. The largest absolute Gasteiger partial charge is 0.486 e. The average molecular weight is 365 g/mol. The van der Waals surface area contributed by atoms with Crippen LogP contribution in [0.1, 0.15) is 31.5 Å². The van der Waals surface area contributed by atoms with E-state index < -0.39 is 0 Å². The molecule has 0 spiro atoms. The normalized spacial score (nSPS) is 26.7. The highest BCUT2D eigenvalue weighted by Crippen LogP contribution is 2.43. The third-order valence-corrected chi connectivity index (χ3v) is 6.85. The van der Waals surface area contributed by atoms with Gasteiger partial charge in [-0.2, -0.15) is 5.10 Å². The predicted molar refractivity (Wildman–Crippen MR) is 95.6 cm³/mol. The lowest BCUT2D eigenvalue weighted by Crippen LogP contribution is -2.40. The number of thioether (sulfide) groups is 1. The van der Waals surface area contributed by atoms with Gasteiger partial charge in [-0.3, -0.25) is 5.10 Å². The van der Waals surface area contributed by atoms with Gasteiger partial charge >= 0.3 is 0 Å². The Morgan fingerprint density at radius 1 is 1.33 bits per heavy atom. The molecule has 24 heavy (non-hydrogen) atoms. The highest BCUT2D eigenvalue weighted by atomic mass is 35.5. The van der Waals surface area contributed by atoms with Crippen molar-refractivity contribution in [3.05, 3.63) is 35.4 Å². The second kappa shape index (κ2) is 6.94. The van der Waals surface area contributed by atoms with Gasteiger partial charge in [0.25, 0.3) is 0 Å². The van der Waals surface area contributed by atoms with Crippen LogP contribution in [0.2, 0.25) is 5.02 Å². The Bertz CT molecular complexity index is 682. The van der Waals surface area contributed by atoms with E-state index in [1.54, 1.807) is 0 Å². The molecule has 3 atom stereocenters. The zero-order valence-electron chi connectivity index (χ0n) is 13.6. The summed E-state index contributed by atoms with van der Waals surface area (Å²) in [5.74, 6) is 1.45. The summed E-state index contributed by atoms with van der Waals surface area (Å²) in [5.41, 5.74) is 0. The second-order valence-corrected chi connectivity index (χ2v) is 8.32. The van der Waals surface area contributed by atoms with E-state index in [-0.39, 0.29) is 0 Å². The van der Waals surface area contributed by atoms with Crippen LogP contribution in [0, 0.1) is 0 Å². The van der Waals surface area contributed by atoms with Gasteiger partial charge in [-0.05, 0) is 50.9 Å². The maximum atomic E-state index is 6.48. The van der Waals surface area contributed by atoms with Crippen LogP contribution in [0.3, 0.4) is 0 Å². The lowest BCUT2D eigenvalue weighted by atomic mass is 10.0. The molecular formula is C17H21ClN4OS. The lowest BCUT2D eigenvalue weighted by molar-refractivity contribution is 0.183. The Balaban J connectivity index is 1.37. The van der Waals surface area contributed by atoms with E-state index in [4.69, 9.17) is 16.3 Å². The number of nitrogens with one attached hydrogen (secondary N) is 1. The van der Waals surface area contributed by atoms with Crippen molar-refractivity contribution in [1.82, 2.24) is 20.1 Å². The van der Waals surface area contributed by atoms with Crippen molar-refractivity contribution in [2.75, 3.05) is 7.05 Å². The number of hydrogen-bond donors (Lipinski definition) is 1. The Hall–Kier alpha value is -1.24. The molecule has 2 aliphatic heterocycles. The monoisotopic (exact) mass is 364 g/mol. The fraction of sp³-hybridized carbons (Fsp3) is 0.529. The molecule has 1 aromatic carbocycles. The zero-order chi connectivity index (χ0) is 16.5. The van der Waals surface area contributed by atoms with Crippen molar-refractivity contribution < 1.29 is 4.74 Å². The van der Waals surface area contributed by atoms with E-state index in [0.717, 1.165) is 27.8 Å². The molecule has 2 aliphatic rings. The van der Waals surface area contributed by atoms with E-state index >= 15 is 0 Å². The van der Waals surface area contributed by atoms with Crippen molar-refractivity contribution in [2.24, 2.45) is 0 Å². The SMILES string of the molecule is CN1[C@@H]2CC[C@H]1CC(Sc1ccc(OCc3ncn[nH]3)cc1Cl)C2. The van der Waals surface area contributed by atoms with Gasteiger partial charge in [0.15, 0.2) is 5.82 Å². The van der Waals surface area contributed by atoms with Gasteiger partial charge in [-0.1, -0.05) is 11.6 Å². The molecule has 2 aromatic rings. The molecule has 128 valence electrons. The highest BCUT2D eigenvalue weighted by Gasteiger charge is 2.38. The summed E-state index contributed by atoms with van der Waals surface area (Å²) in [6.45, 7) is 0.362. The highest BCUT2D eigenvalue weighted by molar-refractivity contribution is 8.00. The number of nitrogens with zero attached hydrogens (tertiary/aromatic N) is 3. The number of ether oxygens (including phenoxy) is 1. The number of aromatic amines is 1. The maximum Gasteiger partial charge on any atom is 0.162 e. The summed E-state index contributed by atoms with van der Waals surface area (Å²) >= 11 is 8.40. The molecule has 4 rings (SSSR count). The molecule has 3 heterocycles. The molecule has 2 bridgehead atoms. The Kier molecular flexibility index (Phi) is 4.70. The summed E-state index contributed by atoms with van der Waals surface area (Å²) in [4.78, 5) is 7.76. The van der Waals surface area contributed by atoms with Gasteiger partial charge in [-0.25, -0.2) is 4.98 Å². The van der Waals surface area contributed by atoms with Crippen molar-refractivity contribution in [3.63, 3.8) is 0 Å². The number of hydrogen-bond acceptors (Lipinski definition) is 5. The van der Waals surface area contributed by atoms with E-state index in [2.05, 4.69) is 33.2 Å². The molecule has 0 radical (unpaired) electrons. The van der Waals surface area contributed by atoms with E-state index in [0.29, 0.717) is 17.7 Å². The number of benzene rings is 1. The molecule has 0 amide bonds. The van der Waals surface area contributed by atoms with Crippen LogP contribution in [-0.2, 0) is 6.61 Å². The average Bonchev–Trinajstić information content (AvgIpc) is 3.14. The second-order valence-electron chi connectivity index (χ2n) is 6.57. The quantitative estimate of drug-likeness (QED) is 0.875. The topological polar surface area (TPSA) is 54.0 Å². The molecule has 2 fully saturated rings. The molecule has 7 heteroatoms. The van der Waals surface area contributed by atoms with Crippen LogP contribution in [0.25, 0.3) is 0 Å². The predicted octanol–water partition coefficient (Wildman–Crippen LogP) is 3.75.